The smallest absolute Gasteiger partial charge is 0.214 e. The number of nitrogens with zero attached hydrogens (tertiary/aromatic N) is 6. The zero-order valence-corrected chi connectivity index (χ0v) is 19.4. The van der Waals surface area contributed by atoms with Gasteiger partial charge in [-0.15, -0.1) is 6.58 Å². The Bertz CT molecular complexity index is 1510. The summed E-state index contributed by atoms with van der Waals surface area (Å²) in [5.41, 5.74) is 6.75. The minimum absolute atomic E-state index is 0.576. The molecule has 0 atom stereocenters. The number of benzene rings is 2. The molecular weight excluding hydrogens is 438 g/mol. The van der Waals surface area contributed by atoms with E-state index >= 15 is 0 Å². The van der Waals surface area contributed by atoms with Gasteiger partial charge in [0, 0.05) is 29.5 Å². The molecule has 0 unspecified atom stereocenters. The predicted octanol–water partition coefficient (Wildman–Crippen LogP) is 4.94. The highest BCUT2D eigenvalue weighted by Gasteiger charge is 2.10. The number of anilines is 3. The summed E-state index contributed by atoms with van der Waals surface area (Å²) in [4.78, 5) is 26.5. The van der Waals surface area contributed by atoms with Gasteiger partial charge in [0.25, 0.3) is 0 Å². The zero-order valence-electron chi connectivity index (χ0n) is 19.4. The number of rotatable bonds is 9. The third-order valence-corrected chi connectivity index (χ3v) is 5.83. The van der Waals surface area contributed by atoms with Crippen molar-refractivity contribution >= 4 is 40.2 Å². The van der Waals surface area contributed by atoms with Crippen LogP contribution in [0, 0.1) is 0 Å². The van der Waals surface area contributed by atoms with Crippen LogP contribution in [0.3, 0.4) is 0 Å². The molecule has 1 amide bonds. The molecule has 174 valence electrons. The standard InChI is InChI=1S/C27H25N7O/c1-19(2)9-11-33(18-35)23-7-8-25-24(15-23)27(30-16-28-25)32-22-5-3-20(4-6-22)13-21-10-12-34-26(14-21)29-17-31-34/h3-8,10,12,14-18H,1,9,11,13H2,2H3,(H,28,30,32). The van der Waals surface area contributed by atoms with Crippen LogP contribution >= 0.6 is 0 Å². The first-order valence-electron chi connectivity index (χ1n) is 11.3. The van der Waals surface area contributed by atoms with Crippen molar-refractivity contribution in [2.75, 3.05) is 16.8 Å². The number of hydrogen-bond acceptors (Lipinski definition) is 6. The molecule has 8 heteroatoms. The molecule has 0 aliphatic heterocycles. The minimum Gasteiger partial charge on any atom is -0.340 e. The summed E-state index contributed by atoms with van der Waals surface area (Å²) >= 11 is 0. The normalized spacial score (nSPS) is 11.0. The lowest BCUT2D eigenvalue weighted by Gasteiger charge is -2.18. The van der Waals surface area contributed by atoms with Gasteiger partial charge in [-0.25, -0.2) is 19.5 Å². The lowest BCUT2D eigenvalue weighted by atomic mass is 10.1. The Morgan fingerprint density at radius 3 is 2.69 bits per heavy atom. The van der Waals surface area contributed by atoms with Crippen LogP contribution in [0.5, 0.6) is 0 Å². The van der Waals surface area contributed by atoms with E-state index in [9.17, 15) is 4.79 Å². The summed E-state index contributed by atoms with van der Waals surface area (Å²) in [7, 11) is 0. The molecule has 0 radical (unpaired) electrons. The number of fused-ring (bicyclic) bond motifs is 2. The second-order valence-electron chi connectivity index (χ2n) is 8.53. The number of nitrogens with one attached hydrogen (secondary N) is 1. The highest BCUT2D eigenvalue weighted by molar-refractivity contribution is 5.94. The number of carbonyl (C=O) groups is 1. The van der Waals surface area contributed by atoms with Crippen molar-refractivity contribution in [1.82, 2.24) is 24.6 Å². The van der Waals surface area contributed by atoms with E-state index in [4.69, 9.17) is 0 Å². The van der Waals surface area contributed by atoms with Crippen LogP contribution < -0.4 is 10.2 Å². The van der Waals surface area contributed by atoms with E-state index in [0.717, 1.165) is 52.7 Å². The molecule has 0 aliphatic rings. The van der Waals surface area contributed by atoms with Crippen LogP contribution in [0.4, 0.5) is 17.2 Å². The molecule has 5 aromatic rings. The lowest BCUT2D eigenvalue weighted by Crippen LogP contribution is -2.22. The van der Waals surface area contributed by atoms with Crippen molar-refractivity contribution in [2.45, 2.75) is 19.8 Å². The van der Waals surface area contributed by atoms with Gasteiger partial charge in [-0.2, -0.15) is 5.10 Å². The van der Waals surface area contributed by atoms with E-state index in [1.807, 2.05) is 49.5 Å². The monoisotopic (exact) mass is 463 g/mol. The van der Waals surface area contributed by atoms with Gasteiger partial charge >= 0.3 is 0 Å². The molecule has 5 rings (SSSR count). The van der Waals surface area contributed by atoms with Crippen LogP contribution in [0.2, 0.25) is 0 Å². The van der Waals surface area contributed by atoms with Crippen molar-refractivity contribution < 1.29 is 4.79 Å². The second-order valence-corrected chi connectivity index (χ2v) is 8.53. The van der Waals surface area contributed by atoms with E-state index in [2.05, 4.69) is 50.1 Å². The van der Waals surface area contributed by atoms with E-state index in [1.165, 1.54) is 17.5 Å². The van der Waals surface area contributed by atoms with Gasteiger partial charge in [0.2, 0.25) is 6.41 Å². The Morgan fingerprint density at radius 1 is 1.03 bits per heavy atom. The highest BCUT2D eigenvalue weighted by Crippen LogP contribution is 2.27. The molecule has 1 N–H and O–H groups in total. The molecule has 0 bridgehead atoms. The summed E-state index contributed by atoms with van der Waals surface area (Å²) in [6, 6.07) is 18.1. The van der Waals surface area contributed by atoms with Crippen LogP contribution in [-0.2, 0) is 11.2 Å². The van der Waals surface area contributed by atoms with Gasteiger partial charge in [0.1, 0.15) is 18.5 Å². The van der Waals surface area contributed by atoms with E-state index in [-0.39, 0.29) is 0 Å². The fourth-order valence-electron chi connectivity index (χ4n) is 3.92. The van der Waals surface area contributed by atoms with Crippen molar-refractivity contribution in [3.05, 3.63) is 96.7 Å². The van der Waals surface area contributed by atoms with Crippen LogP contribution in [0.25, 0.3) is 16.6 Å². The summed E-state index contributed by atoms with van der Waals surface area (Å²) in [5, 5.41) is 8.38. The van der Waals surface area contributed by atoms with Gasteiger partial charge in [0.15, 0.2) is 5.65 Å². The van der Waals surface area contributed by atoms with Gasteiger partial charge in [-0.05, 0) is 73.4 Å². The maximum absolute atomic E-state index is 11.7. The average Bonchev–Trinajstić information content (AvgIpc) is 3.34. The summed E-state index contributed by atoms with van der Waals surface area (Å²) in [6.45, 7) is 6.46. The maximum Gasteiger partial charge on any atom is 0.214 e. The van der Waals surface area contributed by atoms with Gasteiger partial charge in [-0.3, -0.25) is 4.79 Å². The van der Waals surface area contributed by atoms with E-state index in [1.54, 1.807) is 15.7 Å². The Morgan fingerprint density at radius 2 is 1.89 bits per heavy atom. The fourth-order valence-corrected chi connectivity index (χ4v) is 3.92. The quantitative estimate of drug-likeness (QED) is 0.246. The average molecular weight is 464 g/mol. The third-order valence-electron chi connectivity index (χ3n) is 5.83. The Balaban J connectivity index is 1.35. The molecule has 2 aromatic carbocycles. The number of carbonyl (C=O) groups excluding carboxylic acids is 1. The number of amides is 1. The number of aromatic nitrogens is 5. The number of hydrogen-bond donors (Lipinski definition) is 1. The Hall–Kier alpha value is -4.59. The summed E-state index contributed by atoms with van der Waals surface area (Å²) in [5.74, 6) is 0.688. The van der Waals surface area contributed by atoms with E-state index < -0.39 is 0 Å². The molecule has 0 saturated heterocycles. The predicted molar refractivity (Wildman–Crippen MR) is 138 cm³/mol. The largest absolute Gasteiger partial charge is 0.340 e. The van der Waals surface area contributed by atoms with Crippen molar-refractivity contribution in [2.24, 2.45) is 0 Å². The maximum atomic E-state index is 11.7. The lowest BCUT2D eigenvalue weighted by molar-refractivity contribution is -0.107. The molecule has 3 aromatic heterocycles. The van der Waals surface area contributed by atoms with Crippen LogP contribution in [-0.4, -0.2) is 37.5 Å². The molecule has 8 nitrogen and oxygen atoms in total. The first kappa shape index (κ1) is 22.2. The molecule has 35 heavy (non-hydrogen) atoms. The Kier molecular flexibility index (Phi) is 6.17. The highest BCUT2D eigenvalue weighted by atomic mass is 16.1. The van der Waals surface area contributed by atoms with Gasteiger partial charge < -0.3 is 10.2 Å². The zero-order chi connectivity index (χ0) is 24.2. The first-order valence-corrected chi connectivity index (χ1v) is 11.3. The molecule has 0 fully saturated rings. The first-order chi connectivity index (χ1) is 17.1. The molecule has 3 heterocycles. The van der Waals surface area contributed by atoms with Crippen molar-refractivity contribution in [1.29, 1.82) is 0 Å². The second kappa shape index (κ2) is 9.72. The summed E-state index contributed by atoms with van der Waals surface area (Å²) in [6.07, 6.45) is 7.41. The number of pyridine rings is 1. The molecule has 0 spiro atoms. The summed E-state index contributed by atoms with van der Waals surface area (Å²) < 4.78 is 1.75. The molecule has 0 aliphatic carbocycles. The van der Waals surface area contributed by atoms with Crippen molar-refractivity contribution in [3.63, 3.8) is 0 Å². The van der Waals surface area contributed by atoms with Crippen LogP contribution in [0.1, 0.15) is 24.5 Å². The minimum atomic E-state index is 0.576. The molecular formula is C27H25N7O. The topological polar surface area (TPSA) is 88.3 Å². The third kappa shape index (κ3) is 5.01. The molecule has 0 saturated carbocycles. The Labute approximate surface area is 203 Å². The van der Waals surface area contributed by atoms with Gasteiger partial charge in [-0.1, -0.05) is 17.7 Å². The van der Waals surface area contributed by atoms with Crippen LogP contribution in [0.15, 0.2) is 85.6 Å². The SMILES string of the molecule is C=C(C)CCN(C=O)c1ccc2ncnc(Nc3ccc(Cc4ccn5ncnc5c4)cc3)c2c1. The fraction of sp³-hybridized carbons (Fsp3) is 0.148. The van der Waals surface area contributed by atoms with Gasteiger partial charge in [0.05, 0.1) is 5.52 Å². The van der Waals surface area contributed by atoms with E-state index in [0.29, 0.717) is 12.4 Å². The van der Waals surface area contributed by atoms with Crippen molar-refractivity contribution in [3.8, 4) is 0 Å².